The van der Waals surface area contributed by atoms with Crippen LogP contribution in [0.5, 0.6) is 0 Å². The summed E-state index contributed by atoms with van der Waals surface area (Å²) in [6.45, 7) is 3.70. The molecule has 0 unspecified atom stereocenters. The molecule has 1 aliphatic carbocycles. The van der Waals surface area contributed by atoms with Gasteiger partial charge in [-0.15, -0.1) is 6.58 Å². The van der Waals surface area contributed by atoms with Crippen molar-refractivity contribution in [3.8, 4) is 0 Å². The van der Waals surface area contributed by atoms with E-state index in [1.165, 1.54) is 32.1 Å². The van der Waals surface area contributed by atoms with Gasteiger partial charge in [-0.1, -0.05) is 17.7 Å². The minimum Gasteiger partial charge on any atom is -0.103 e. The molecule has 0 saturated heterocycles. The third-order valence-corrected chi connectivity index (χ3v) is 2.05. The molecule has 1 saturated carbocycles. The van der Waals surface area contributed by atoms with E-state index in [0.717, 1.165) is 6.42 Å². The van der Waals surface area contributed by atoms with Crippen LogP contribution in [-0.2, 0) is 0 Å². The van der Waals surface area contributed by atoms with Crippen molar-refractivity contribution >= 4 is 0 Å². The zero-order chi connectivity index (χ0) is 7.23. The summed E-state index contributed by atoms with van der Waals surface area (Å²) in [5, 5.41) is 0. The topological polar surface area (TPSA) is 0 Å². The molecule has 0 N–H and O–H groups in total. The van der Waals surface area contributed by atoms with E-state index in [2.05, 4.69) is 12.7 Å². The minimum atomic E-state index is 1.14. The first-order valence-corrected chi connectivity index (χ1v) is 4.22. The molecule has 0 spiro atoms. The predicted molar refractivity (Wildman–Crippen MR) is 46.0 cm³/mol. The van der Waals surface area contributed by atoms with Crippen molar-refractivity contribution in [1.82, 2.24) is 0 Å². The molecule has 56 valence electrons. The van der Waals surface area contributed by atoms with Gasteiger partial charge in [0.2, 0.25) is 0 Å². The fraction of sp³-hybridized carbons (Fsp3) is 0.600. The highest BCUT2D eigenvalue weighted by molar-refractivity contribution is 5.05. The lowest BCUT2D eigenvalue weighted by Crippen LogP contribution is -1.71. The molecule has 0 atom stereocenters. The Labute approximate surface area is 63.6 Å². The second-order valence-corrected chi connectivity index (χ2v) is 2.94. The maximum atomic E-state index is 3.70. The molecule has 1 fully saturated rings. The minimum absolute atomic E-state index is 1.14. The fourth-order valence-corrected chi connectivity index (χ4v) is 1.44. The van der Waals surface area contributed by atoms with Gasteiger partial charge in [0.15, 0.2) is 0 Å². The Hall–Kier alpha value is -0.520. The van der Waals surface area contributed by atoms with Crippen LogP contribution in [-0.4, -0.2) is 0 Å². The van der Waals surface area contributed by atoms with Crippen LogP contribution in [0.15, 0.2) is 24.3 Å². The molecule has 0 bridgehead atoms. The molecular weight excluding hydrogens is 120 g/mol. The maximum absolute atomic E-state index is 3.70. The van der Waals surface area contributed by atoms with Crippen LogP contribution in [0.3, 0.4) is 0 Å². The quantitative estimate of drug-likeness (QED) is 0.412. The summed E-state index contributed by atoms with van der Waals surface area (Å²) < 4.78 is 0. The van der Waals surface area contributed by atoms with E-state index in [4.69, 9.17) is 0 Å². The summed E-state index contributed by atoms with van der Waals surface area (Å²) in [4.78, 5) is 0. The highest BCUT2D eigenvalue weighted by Gasteiger charge is 2.04. The Morgan fingerprint density at radius 3 is 2.50 bits per heavy atom. The largest absolute Gasteiger partial charge is 0.103 e. The molecule has 0 heteroatoms. The third-order valence-electron chi connectivity index (χ3n) is 2.05. The molecule has 0 nitrogen and oxygen atoms in total. The summed E-state index contributed by atoms with van der Waals surface area (Å²) >= 11 is 0. The van der Waals surface area contributed by atoms with E-state index >= 15 is 0 Å². The summed E-state index contributed by atoms with van der Waals surface area (Å²) in [5.41, 5.74) is 1.68. The molecule has 1 aliphatic rings. The van der Waals surface area contributed by atoms with Gasteiger partial charge in [0.25, 0.3) is 0 Å². The number of rotatable bonds is 3. The Kier molecular flexibility index (Phi) is 3.28. The first-order valence-electron chi connectivity index (χ1n) is 4.22. The van der Waals surface area contributed by atoms with Gasteiger partial charge in [-0.25, -0.2) is 0 Å². The molecule has 10 heavy (non-hydrogen) atoms. The van der Waals surface area contributed by atoms with Gasteiger partial charge in [0, 0.05) is 0 Å². The number of allylic oxidation sites excluding steroid dienone is 3. The predicted octanol–water partition coefficient (Wildman–Crippen LogP) is 3.45. The summed E-state index contributed by atoms with van der Waals surface area (Å²) in [6, 6.07) is 0. The van der Waals surface area contributed by atoms with E-state index < -0.39 is 0 Å². The van der Waals surface area contributed by atoms with Crippen LogP contribution in [0.1, 0.15) is 38.5 Å². The van der Waals surface area contributed by atoms with Gasteiger partial charge in [-0.3, -0.25) is 0 Å². The van der Waals surface area contributed by atoms with Gasteiger partial charge >= 0.3 is 0 Å². The molecule has 0 amide bonds. The smallest absolute Gasteiger partial charge is 0.0313 e. The zero-order valence-corrected chi connectivity index (χ0v) is 6.60. The second kappa shape index (κ2) is 4.32. The van der Waals surface area contributed by atoms with Crippen molar-refractivity contribution in [3.05, 3.63) is 24.3 Å². The van der Waals surface area contributed by atoms with Crippen molar-refractivity contribution in [2.75, 3.05) is 0 Å². The van der Waals surface area contributed by atoms with Crippen molar-refractivity contribution < 1.29 is 0 Å². The third kappa shape index (κ3) is 2.38. The van der Waals surface area contributed by atoms with Crippen LogP contribution >= 0.6 is 0 Å². The molecule has 1 rings (SSSR count). The summed E-state index contributed by atoms with van der Waals surface area (Å²) in [6.07, 6.45) is 12.3. The van der Waals surface area contributed by atoms with Gasteiger partial charge in [0.1, 0.15) is 0 Å². The first-order chi connectivity index (χ1) is 4.93. The first kappa shape index (κ1) is 7.59. The number of hydrogen-bond donors (Lipinski definition) is 0. The van der Waals surface area contributed by atoms with E-state index in [1.54, 1.807) is 5.57 Å². The lowest BCUT2D eigenvalue weighted by atomic mass is 10.1. The SMILES string of the molecule is C=CCCC=C1CCCC1. The fourth-order valence-electron chi connectivity index (χ4n) is 1.44. The molecule has 0 aromatic heterocycles. The maximum Gasteiger partial charge on any atom is -0.0313 e. The molecular formula is C10H16. The highest BCUT2D eigenvalue weighted by atomic mass is 14.1. The molecule has 0 radical (unpaired) electrons. The molecule has 0 aliphatic heterocycles. The Morgan fingerprint density at radius 1 is 1.20 bits per heavy atom. The monoisotopic (exact) mass is 136 g/mol. The highest BCUT2D eigenvalue weighted by Crippen LogP contribution is 2.24. The van der Waals surface area contributed by atoms with Crippen LogP contribution < -0.4 is 0 Å². The zero-order valence-electron chi connectivity index (χ0n) is 6.60. The Morgan fingerprint density at radius 2 is 1.90 bits per heavy atom. The lowest BCUT2D eigenvalue weighted by Gasteiger charge is -1.92. The van der Waals surface area contributed by atoms with E-state index in [0.29, 0.717) is 0 Å². The van der Waals surface area contributed by atoms with Crippen LogP contribution in [0.25, 0.3) is 0 Å². The Bertz CT molecular complexity index is 123. The number of hydrogen-bond acceptors (Lipinski definition) is 0. The summed E-state index contributed by atoms with van der Waals surface area (Å²) in [5.74, 6) is 0. The van der Waals surface area contributed by atoms with Crippen molar-refractivity contribution in [3.63, 3.8) is 0 Å². The van der Waals surface area contributed by atoms with Crippen molar-refractivity contribution in [2.24, 2.45) is 0 Å². The normalized spacial score (nSPS) is 17.4. The van der Waals surface area contributed by atoms with E-state index in [-0.39, 0.29) is 0 Å². The van der Waals surface area contributed by atoms with Crippen LogP contribution in [0, 0.1) is 0 Å². The standard InChI is InChI=1S/C10H16/c1-2-3-4-7-10-8-5-6-9-10/h2,7H,1,3-6,8-9H2. The van der Waals surface area contributed by atoms with E-state index in [9.17, 15) is 0 Å². The second-order valence-electron chi connectivity index (χ2n) is 2.94. The van der Waals surface area contributed by atoms with E-state index in [1.807, 2.05) is 6.08 Å². The summed E-state index contributed by atoms with van der Waals surface area (Å²) in [7, 11) is 0. The van der Waals surface area contributed by atoms with Crippen molar-refractivity contribution in [2.45, 2.75) is 38.5 Å². The molecule has 0 aromatic rings. The van der Waals surface area contributed by atoms with Gasteiger partial charge < -0.3 is 0 Å². The average Bonchev–Trinajstić information content (AvgIpc) is 2.41. The Balaban J connectivity index is 2.18. The average molecular weight is 136 g/mol. The van der Waals surface area contributed by atoms with Gasteiger partial charge in [-0.05, 0) is 38.5 Å². The molecule has 0 heterocycles. The van der Waals surface area contributed by atoms with Crippen LogP contribution in [0.4, 0.5) is 0 Å². The van der Waals surface area contributed by atoms with Gasteiger partial charge in [0.05, 0.1) is 0 Å². The van der Waals surface area contributed by atoms with Crippen LogP contribution in [0.2, 0.25) is 0 Å². The molecule has 0 aromatic carbocycles. The number of unbranched alkanes of at least 4 members (excludes halogenated alkanes) is 1. The lowest BCUT2D eigenvalue weighted by molar-refractivity contribution is 0.886. The van der Waals surface area contributed by atoms with Gasteiger partial charge in [-0.2, -0.15) is 0 Å². The van der Waals surface area contributed by atoms with Crippen molar-refractivity contribution in [1.29, 1.82) is 0 Å².